The second-order valence-electron chi connectivity index (χ2n) is 5.09. The first-order chi connectivity index (χ1) is 10.3. The molecule has 1 aromatic rings. The third-order valence-electron chi connectivity index (χ3n) is 3.72. The van der Waals surface area contributed by atoms with Gasteiger partial charge in [0, 0.05) is 30.8 Å². The van der Waals surface area contributed by atoms with Crippen molar-refractivity contribution < 1.29 is 19.0 Å². The molecule has 0 unspecified atom stereocenters. The van der Waals surface area contributed by atoms with Crippen molar-refractivity contribution in [2.75, 3.05) is 46.6 Å². The highest BCUT2D eigenvalue weighted by atomic mass is 16.5. The van der Waals surface area contributed by atoms with E-state index in [-0.39, 0.29) is 0 Å². The highest BCUT2D eigenvalue weighted by Crippen LogP contribution is 2.32. The molecule has 0 atom stereocenters. The standard InChI is InChI=1S/C16H23NO4/c1-13-14(12-18)4-5-15(16(13)19-2)21-9-3-6-17-7-10-20-11-8-17/h4-5,12H,3,6-11H2,1-2H3. The summed E-state index contributed by atoms with van der Waals surface area (Å²) < 4.78 is 16.5. The minimum absolute atomic E-state index is 0.632. The van der Waals surface area contributed by atoms with Crippen LogP contribution in [0.4, 0.5) is 0 Å². The highest BCUT2D eigenvalue weighted by Gasteiger charge is 2.12. The van der Waals surface area contributed by atoms with Gasteiger partial charge in [0.25, 0.3) is 0 Å². The van der Waals surface area contributed by atoms with E-state index < -0.39 is 0 Å². The normalized spacial score (nSPS) is 15.7. The molecule has 5 heteroatoms. The van der Waals surface area contributed by atoms with Crippen molar-refractivity contribution in [3.8, 4) is 11.5 Å². The van der Waals surface area contributed by atoms with E-state index in [1.54, 1.807) is 19.2 Å². The summed E-state index contributed by atoms with van der Waals surface area (Å²) in [5.74, 6) is 1.34. The fraction of sp³-hybridized carbons (Fsp3) is 0.562. The van der Waals surface area contributed by atoms with Crippen molar-refractivity contribution in [1.82, 2.24) is 4.90 Å². The molecule has 1 aliphatic rings. The van der Waals surface area contributed by atoms with Crippen molar-refractivity contribution in [2.24, 2.45) is 0 Å². The van der Waals surface area contributed by atoms with Gasteiger partial charge in [-0.25, -0.2) is 0 Å². The third kappa shape index (κ3) is 4.19. The van der Waals surface area contributed by atoms with Crippen LogP contribution in [0.5, 0.6) is 11.5 Å². The Balaban J connectivity index is 1.85. The van der Waals surface area contributed by atoms with Crippen molar-refractivity contribution >= 4 is 6.29 Å². The number of benzene rings is 1. The van der Waals surface area contributed by atoms with E-state index in [1.165, 1.54) is 0 Å². The number of nitrogens with zero attached hydrogens (tertiary/aromatic N) is 1. The Morgan fingerprint density at radius 1 is 1.33 bits per heavy atom. The Bertz CT molecular complexity index is 470. The number of aldehydes is 1. The first-order valence-corrected chi connectivity index (χ1v) is 7.32. The van der Waals surface area contributed by atoms with Crippen LogP contribution in [0.1, 0.15) is 22.3 Å². The summed E-state index contributed by atoms with van der Waals surface area (Å²) >= 11 is 0. The van der Waals surface area contributed by atoms with Crippen molar-refractivity contribution in [3.63, 3.8) is 0 Å². The molecule has 0 spiro atoms. The zero-order chi connectivity index (χ0) is 15.1. The van der Waals surface area contributed by atoms with Crippen molar-refractivity contribution in [3.05, 3.63) is 23.3 Å². The van der Waals surface area contributed by atoms with Gasteiger partial charge in [-0.3, -0.25) is 9.69 Å². The molecule has 0 radical (unpaired) electrons. The number of carbonyl (C=O) groups is 1. The minimum atomic E-state index is 0.632. The Morgan fingerprint density at radius 2 is 2.10 bits per heavy atom. The molecule has 1 aliphatic heterocycles. The maximum absolute atomic E-state index is 10.9. The summed E-state index contributed by atoms with van der Waals surface area (Å²) in [6, 6.07) is 3.56. The summed E-state index contributed by atoms with van der Waals surface area (Å²) in [7, 11) is 1.59. The van der Waals surface area contributed by atoms with Crippen LogP contribution in [0.2, 0.25) is 0 Å². The molecule has 1 fully saturated rings. The van der Waals surface area contributed by atoms with Gasteiger partial charge in [0.15, 0.2) is 11.5 Å². The molecule has 21 heavy (non-hydrogen) atoms. The quantitative estimate of drug-likeness (QED) is 0.568. The molecule has 0 aliphatic carbocycles. The summed E-state index contributed by atoms with van der Waals surface area (Å²) in [4.78, 5) is 13.3. The van der Waals surface area contributed by atoms with Crippen LogP contribution in [-0.2, 0) is 4.74 Å². The van der Waals surface area contributed by atoms with Crippen LogP contribution in [0.25, 0.3) is 0 Å². The van der Waals surface area contributed by atoms with Crippen LogP contribution in [0.15, 0.2) is 12.1 Å². The number of methoxy groups -OCH3 is 1. The lowest BCUT2D eigenvalue weighted by atomic mass is 10.1. The van der Waals surface area contributed by atoms with Gasteiger partial charge in [0.2, 0.25) is 0 Å². The van der Waals surface area contributed by atoms with Crippen molar-refractivity contribution in [1.29, 1.82) is 0 Å². The predicted octanol–water partition coefficient (Wildman–Crippen LogP) is 1.92. The lowest BCUT2D eigenvalue weighted by Crippen LogP contribution is -2.37. The molecular formula is C16H23NO4. The summed E-state index contributed by atoms with van der Waals surface area (Å²) in [5.41, 5.74) is 1.45. The number of hydrogen-bond acceptors (Lipinski definition) is 5. The average molecular weight is 293 g/mol. The maximum Gasteiger partial charge on any atom is 0.164 e. The topological polar surface area (TPSA) is 48.0 Å². The summed E-state index contributed by atoms with van der Waals surface area (Å²) in [5, 5.41) is 0. The number of rotatable bonds is 7. The van der Waals surface area contributed by atoms with E-state index in [9.17, 15) is 4.79 Å². The first kappa shape index (κ1) is 15.8. The zero-order valence-corrected chi connectivity index (χ0v) is 12.8. The fourth-order valence-corrected chi connectivity index (χ4v) is 2.47. The number of carbonyl (C=O) groups excluding carboxylic acids is 1. The molecule has 0 aromatic heterocycles. The Hall–Kier alpha value is -1.59. The van der Waals surface area contributed by atoms with Crippen molar-refractivity contribution in [2.45, 2.75) is 13.3 Å². The van der Waals surface area contributed by atoms with Gasteiger partial charge in [-0.15, -0.1) is 0 Å². The van der Waals surface area contributed by atoms with E-state index in [4.69, 9.17) is 14.2 Å². The van der Waals surface area contributed by atoms with Crippen LogP contribution in [-0.4, -0.2) is 57.8 Å². The van der Waals surface area contributed by atoms with E-state index >= 15 is 0 Å². The SMILES string of the molecule is COc1c(OCCCN2CCOCC2)ccc(C=O)c1C. The molecule has 1 aromatic carbocycles. The summed E-state index contributed by atoms with van der Waals surface area (Å²) in [6.07, 6.45) is 1.79. The van der Waals surface area contributed by atoms with Gasteiger partial charge in [-0.2, -0.15) is 0 Å². The monoisotopic (exact) mass is 293 g/mol. The molecule has 0 N–H and O–H groups in total. The lowest BCUT2D eigenvalue weighted by Gasteiger charge is -2.26. The molecule has 2 rings (SSSR count). The smallest absolute Gasteiger partial charge is 0.164 e. The van der Waals surface area contributed by atoms with E-state index in [2.05, 4.69) is 4.90 Å². The van der Waals surface area contributed by atoms with E-state index in [0.717, 1.165) is 51.1 Å². The van der Waals surface area contributed by atoms with Crippen LogP contribution in [0, 0.1) is 6.92 Å². The van der Waals surface area contributed by atoms with Gasteiger partial charge < -0.3 is 14.2 Å². The number of ether oxygens (including phenoxy) is 3. The van der Waals surface area contributed by atoms with Gasteiger partial charge in [0.1, 0.15) is 6.29 Å². The Labute approximate surface area is 125 Å². The Kier molecular flexibility index (Phi) is 6.02. The molecule has 1 saturated heterocycles. The van der Waals surface area contributed by atoms with Gasteiger partial charge in [0.05, 0.1) is 26.9 Å². The second kappa shape index (κ2) is 8.00. The molecule has 5 nitrogen and oxygen atoms in total. The Morgan fingerprint density at radius 3 is 2.76 bits per heavy atom. The largest absolute Gasteiger partial charge is 0.493 e. The molecule has 116 valence electrons. The van der Waals surface area contributed by atoms with Crippen LogP contribution >= 0.6 is 0 Å². The zero-order valence-electron chi connectivity index (χ0n) is 12.8. The van der Waals surface area contributed by atoms with E-state index in [1.807, 2.05) is 6.92 Å². The molecule has 1 heterocycles. The third-order valence-corrected chi connectivity index (χ3v) is 3.72. The maximum atomic E-state index is 10.9. The van der Waals surface area contributed by atoms with E-state index in [0.29, 0.717) is 23.7 Å². The minimum Gasteiger partial charge on any atom is -0.493 e. The molecule has 0 bridgehead atoms. The van der Waals surface area contributed by atoms with Crippen LogP contribution < -0.4 is 9.47 Å². The highest BCUT2D eigenvalue weighted by molar-refractivity contribution is 5.79. The van der Waals surface area contributed by atoms with Gasteiger partial charge in [-0.05, 0) is 25.5 Å². The molecular weight excluding hydrogens is 270 g/mol. The second-order valence-corrected chi connectivity index (χ2v) is 5.09. The van der Waals surface area contributed by atoms with Gasteiger partial charge >= 0.3 is 0 Å². The molecule has 0 amide bonds. The average Bonchev–Trinajstić information content (AvgIpc) is 2.53. The fourth-order valence-electron chi connectivity index (χ4n) is 2.47. The predicted molar refractivity (Wildman–Crippen MR) is 80.5 cm³/mol. The molecule has 0 saturated carbocycles. The lowest BCUT2D eigenvalue weighted by molar-refractivity contribution is 0.0357. The number of hydrogen-bond donors (Lipinski definition) is 0. The van der Waals surface area contributed by atoms with Crippen LogP contribution in [0.3, 0.4) is 0 Å². The number of morpholine rings is 1. The summed E-state index contributed by atoms with van der Waals surface area (Å²) in [6.45, 7) is 7.14. The van der Waals surface area contributed by atoms with Gasteiger partial charge in [-0.1, -0.05) is 0 Å². The first-order valence-electron chi connectivity index (χ1n) is 7.32.